The molecule has 0 saturated carbocycles. The number of halogens is 2. The van der Waals surface area contributed by atoms with Crippen molar-refractivity contribution in [3.63, 3.8) is 0 Å². The van der Waals surface area contributed by atoms with Crippen LogP contribution in [-0.2, 0) is 21.2 Å². The normalized spacial score (nSPS) is 15.2. The van der Waals surface area contributed by atoms with Crippen molar-refractivity contribution in [1.29, 1.82) is 0 Å². The molecule has 0 bridgehead atoms. The van der Waals surface area contributed by atoms with E-state index < -0.39 is 14.9 Å². The topological polar surface area (TPSA) is 102 Å². The number of non-ortho nitro benzene ring substituents is 1. The molecule has 1 heterocycles. The van der Waals surface area contributed by atoms with Crippen LogP contribution in [0.25, 0.3) is 0 Å². The van der Waals surface area contributed by atoms with Gasteiger partial charge in [-0.2, -0.15) is 4.31 Å². The largest absolute Gasteiger partial charge is 0.384 e. The van der Waals surface area contributed by atoms with E-state index >= 15 is 0 Å². The number of hydrogen-bond acceptors (Lipinski definition) is 6. The Morgan fingerprint density at radius 2 is 1.86 bits per heavy atom. The molecule has 2 aromatic carbocycles. The smallest absolute Gasteiger partial charge is 0.270 e. The van der Waals surface area contributed by atoms with Gasteiger partial charge >= 0.3 is 0 Å². The quantitative estimate of drug-likeness (QED) is 0.501. The third-order valence-corrected chi connectivity index (χ3v) is 7.01. The number of hydrogen-bond donors (Lipinski definition) is 1. The van der Waals surface area contributed by atoms with Crippen molar-refractivity contribution in [3.8, 4) is 0 Å². The van der Waals surface area contributed by atoms with Crippen molar-refractivity contribution < 1.29 is 18.1 Å². The van der Waals surface area contributed by atoms with Crippen LogP contribution in [0.1, 0.15) is 5.56 Å². The van der Waals surface area contributed by atoms with Crippen LogP contribution in [-0.4, -0.2) is 50.5 Å². The van der Waals surface area contributed by atoms with Gasteiger partial charge in [-0.1, -0.05) is 29.3 Å². The Hall–Kier alpha value is -1.91. The molecule has 0 amide bonds. The number of rotatable bonds is 7. The summed E-state index contributed by atoms with van der Waals surface area (Å²) in [6.45, 7) is 1.35. The zero-order valence-electron chi connectivity index (χ0n) is 15.3. The van der Waals surface area contributed by atoms with Gasteiger partial charge in [0.25, 0.3) is 5.69 Å². The summed E-state index contributed by atoms with van der Waals surface area (Å²) in [5, 5.41) is 15.3. The number of nitrogens with one attached hydrogen (secondary N) is 1. The zero-order chi connectivity index (χ0) is 21.0. The van der Waals surface area contributed by atoms with E-state index in [2.05, 4.69) is 5.32 Å². The van der Waals surface area contributed by atoms with Crippen LogP contribution in [0, 0.1) is 10.1 Å². The Balaban J connectivity index is 1.84. The highest BCUT2D eigenvalue weighted by Crippen LogP contribution is 2.30. The maximum Gasteiger partial charge on any atom is 0.270 e. The van der Waals surface area contributed by atoms with E-state index in [1.54, 1.807) is 18.2 Å². The van der Waals surface area contributed by atoms with Gasteiger partial charge in [0.05, 0.1) is 23.8 Å². The van der Waals surface area contributed by atoms with Crippen LogP contribution in [0.4, 0.5) is 11.4 Å². The Morgan fingerprint density at radius 3 is 2.52 bits per heavy atom. The minimum atomic E-state index is -3.91. The molecule has 156 valence electrons. The van der Waals surface area contributed by atoms with Crippen LogP contribution in [0.3, 0.4) is 0 Å². The van der Waals surface area contributed by atoms with Crippen molar-refractivity contribution >= 4 is 44.6 Å². The number of nitro benzene ring substituents is 1. The van der Waals surface area contributed by atoms with Gasteiger partial charge in [-0.05, 0) is 30.2 Å². The first kappa shape index (κ1) is 21.8. The minimum Gasteiger partial charge on any atom is -0.384 e. The molecule has 1 aliphatic heterocycles. The van der Waals surface area contributed by atoms with Gasteiger partial charge in [0, 0.05) is 41.8 Å². The maximum atomic E-state index is 13.1. The lowest BCUT2D eigenvalue weighted by Crippen LogP contribution is -2.40. The molecular weight excluding hydrogens is 441 g/mol. The first-order chi connectivity index (χ1) is 13.8. The molecule has 0 radical (unpaired) electrons. The summed E-state index contributed by atoms with van der Waals surface area (Å²) in [6.07, 6.45) is 0.518. The molecule has 0 aliphatic carbocycles. The molecule has 1 saturated heterocycles. The summed E-state index contributed by atoms with van der Waals surface area (Å²) in [5.41, 5.74) is 0.860. The van der Waals surface area contributed by atoms with Crippen LogP contribution < -0.4 is 5.32 Å². The number of sulfonamides is 1. The average Bonchev–Trinajstić information content (AvgIpc) is 2.70. The van der Waals surface area contributed by atoms with Crippen molar-refractivity contribution in [1.82, 2.24) is 4.31 Å². The Kier molecular flexibility index (Phi) is 6.97. The van der Waals surface area contributed by atoms with E-state index in [0.29, 0.717) is 28.7 Å². The molecule has 3 rings (SSSR count). The van der Waals surface area contributed by atoms with Crippen LogP contribution in [0.5, 0.6) is 0 Å². The van der Waals surface area contributed by atoms with Gasteiger partial charge < -0.3 is 10.1 Å². The molecular formula is C18H19Cl2N3O5S. The highest BCUT2D eigenvalue weighted by atomic mass is 35.5. The number of morpholine rings is 1. The maximum absolute atomic E-state index is 13.1. The summed E-state index contributed by atoms with van der Waals surface area (Å²) in [7, 11) is -3.91. The monoisotopic (exact) mass is 459 g/mol. The summed E-state index contributed by atoms with van der Waals surface area (Å²) in [6, 6.07) is 8.93. The third kappa shape index (κ3) is 5.18. The third-order valence-electron chi connectivity index (χ3n) is 4.49. The van der Waals surface area contributed by atoms with E-state index in [9.17, 15) is 18.5 Å². The standard InChI is InChI=1S/C18H19Cl2N3O5S/c19-14-2-1-13(16(20)11-14)5-6-21-17-4-3-15(23(24)25)12-18(17)29(26,27)22-7-9-28-10-8-22/h1-4,11-12,21H,5-10H2. The van der Waals surface area contributed by atoms with Gasteiger partial charge in [0.1, 0.15) is 4.90 Å². The molecule has 0 spiro atoms. The summed E-state index contributed by atoms with van der Waals surface area (Å²) < 4.78 is 32.6. The second kappa shape index (κ2) is 9.27. The molecule has 0 unspecified atom stereocenters. The number of nitro groups is 1. The van der Waals surface area contributed by atoms with Gasteiger partial charge in [-0.25, -0.2) is 8.42 Å². The zero-order valence-corrected chi connectivity index (χ0v) is 17.6. The number of ether oxygens (including phenoxy) is 1. The van der Waals surface area contributed by atoms with Crippen molar-refractivity contribution in [2.45, 2.75) is 11.3 Å². The van der Waals surface area contributed by atoms with Crippen molar-refractivity contribution in [3.05, 3.63) is 62.1 Å². The lowest BCUT2D eigenvalue weighted by atomic mass is 10.1. The molecule has 2 aromatic rings. The molecule has 0 atom stereocenters. The van der Waals surface area contributed by atoms with Crippen molar-refractivity contribution in [2.75, 3.05) is 38.2 Å². The Labute approximate surface area is 178 Å². The molecule has 1 fully saturated rings. The number of nitrogens with zero attached hydrogens (tertiary/aromatic N) is 2. The first-order valence-electron chi connectivity index (χ1n) is 8.83. The van der Waals surface area contributed by atoms with E-state index in [-0.39, 0.29) is 36.9 Å². The van der Waals surface area contributed by atoms with Gasteiger partial charge in [0.2, 0.25) is 10.0 Å². The van der Waals surface area contributed by atoms with Crippen LogP contribution >= 0.6 is 23.2 Å². The number of benzene rings is 2. The fraction of sp³-hybridized carbons (Fsp3) is 0.333. The molecule has 0 aromatic heterocycles. The fourth-order valence-electron chi connectivity index (χ4n) is 2.97. The van der Waals surface area contributed by atoms with Crippen LogP contribution in [0.15, 0.2) is 41.3 Å². The van der Waals surface area contributed by atoms with E-state index in [1.807, 2.05) is 0 Å². The summed E-state index contributed by atoms with van der Waals surface area (Å²) in [5.74, 6) is 0. The van der Waals surface area contributed by atoms with Gasteiger partial charge in [0.15, 0.2) is 0 Å². The number of anilines is 1. The van der Waals surface area contributed by atoms with Crippen molar-refractivity contribution in [2.24, 2.45) is 0 Å². The molecule has 1 aliphatic rings. The predicted molar refractivity (Wildman–Crippen MR) is 111 cm³/mol. The average molecular weight is 460 g/mol. The van der Waals surface area contributed by atoms with Gasteiger partial charge in [-0.3, -0.25) is 10.1 Å². The highest BCUT2D eigenvalue weighted by molar-refractivity contribution is 7.89. The lowest BCUT2D eigenvalue weighted by Gasteiger charge is -2.27. The molecule has 1 N–H and O–H groups in total. The van der Waals surface area contributed by atoms with E-state index in [0.717, 1.165) is 11.6 Å². The summed E-state index contributed by atoms with van der Waals surface area (Å²) >= 11 is 12.1. The SMILES string of the molecule is O=[N+]([O-])c1ccc(NCCc2ccc(Cl)cc2Cl)c(S(=O)(=O)N2CCOCC2)c1. The Morgan fingerprint density at radius 1 is 1.14 bits per heavy atom. The lowest BCUT2D eigenvalue weighted by molar-refractivity contribution is -0.385. The molecule has 29 heavy (non-hydrogen) atoms. The highest BCUT2D eigenvalue weighted by Gasteiger charge is 2.30. The molecule has 8 nitrogen and oxygen atoms in total. The van der Waals surface area contributed by atoms with E-state index in [1.165, 1.54) is 16.4 Å². The molecule has 11 heteroatoms. The van der Waals surface area contributed by atoms with Crippen LogP contribution in [0.2, 0.25) is 10.0 Å². The Bertz CT molecular complexity index is 1010. The second-order valence-corrected chi connectivity index (χ2v) is 9.12. The minimum absolute atomic E-state index is 0.129. The first-order valence-corrected chi connectivity index (χ1v) is 11.0. The summed E-state index contributed by atoms with van der Waals surface area (Å²) in [4.78, 5) is 10.4. The second-order valence-electron chi connectivity index (χ2n) is 6.37. The predicted octanol–water partition coefficient (Wildman–Crippen LogP) is 3.58. The van der Waals surface area contributed by atoms with E-state index in [4.69, 9.17) is 27.9 Å². The fourth-order valence-corrected chi connectivity index (χ4v) is 5.07. The van der Waals surface area contributed by atoms with Gasteiger partial charge in [-0.15, -0.1) is 0 Å².